The van der Waals surface area contributed by atoms with E-state index >= 15 is 0 Å². The largest absolute Gasteiger partial charge is 0.404 e. The molecule has 0 saturated heterocycles. The maximum Gasteiger partial charge on any atom is 0.313 e. The number of anilines is 1. The molecule has 16 heavy (non-hydrogen) atoms. The van der Waals surface area contributed by atoms with Crippen molar-refractivity contribution >= 4 is 17.0 Å². The lowest BCUT2D eigenvalue weighted by atomic mass is 10.2. The fourth-order valence-corrected chi connectivity index (χ4v) is 1.48. The molecule has 7 heteroatoms. The van der Waals surface area contributed by atoms with Gasteiger partial charge in [-0.15, -0.1) is 5.10 Å². The number of nitrogens with two attached hydrogens (primary N) is 1. The van der Waals surface area contributed by atoms with Crippen LogP contribution >= 0.6 is 0 Å². The molecule has 6 nitrogen and oxygen atoms in total. The van der Waals surface area contributed by atoms with E-state index in [-0.39, 0.29) is 17.4 Å². The van der Waals surface area contributed by atoms with Crippen LogP contribution in [0.4, 0.5) is 10.4 Å². The second kappa shape index (κ2) is 3.02. The maximum absolute atomic E-state index is 13.6. The molecule has 0 bridgehead atoms. The Labute approximate surface area is 88.3 Å². The molecule has 2 heterocycles. The van der Waals surface area contributed by atoms with Gasteiger partial charge in [0.2, 0.25) is 5.89 Å². The van der Waals surface area contributed by atoms with Gasteiger partial charge < -0.3 is 15.1 Å². The number of nitrogens with zero attached hydrogens (tertiary/aromatic N) is 3. The molecular weight excluding hydrogens is 213 g/mol. The van der Waals surface area contributed by atoms with E-state index < -0.39 is 5.82 Å². The average molecular weight is 219 g/mol. The van der Waals surface area contributed by atoms with Gasteiger partial charge in [-0.3, -0.25) is 0 Å². The lowest BCUT2D eigenvalue weighted by Gasteiger charge is -1.96. The fraction of sp³-hybridized carbons (Fsp3) is 0. The normalized spacial score (nSPS) is 11.1. The van der Waals surface area contributed by atoms with Gasteiger partial charge in [-0.05, 0) is 12.1 Å². The van der Waals surface area contributed by atoms with Crippen LogP contribution < -0.4 is 5.73 Å². The molecule has 0 aliphatic rings. The Hall–Kier alpha value is -2.44. The molecule has 0 fully saturated rings. The highest BCUT2D eigenvalue weighted by Crippen LogP contribution is 2.24. The van der Waals surface area contributed by atoms with Gasteiger partial charge in [-0.1, -0.05) is 5.10 Å². The summed E-state index contributed by atoms with van der Waals surface area (Å²) in [5.41, 5.74) is 6.59. The lowest BCUT2D eigenvalue weighted by Crippen LogP contribution is -1.83. The summed E-state index contributed by atoms with van der Waals surface area (Å²) in [6, 6.07) is 2.88. The van der Waals surface area contributed by atoms with E-state index in [1.165, 1.54) is 12.4 Å². The van der Waals surface area contributed by atoms with Gasteiger partial charge in [0.1, 0.15) is 5.52 Å². The van der Waals surface area contributed by atoms with Gasteiger partial charge in [0.25, 0.3) is 0 Å². The Morgan fingerprint density at radius 2 is 2.19 bits per heavy atom. The molecule has 0 amide bonds. The third-order valence-electron chi connectivity index (χ3n) is 2.16. The van der Waals surface area contributed by atoms with Crippen molar-refractivity contribution in [2.24, 2.45) is 0 Å². The fourth-order valence-electron chi connectivity index (χ4n) is 1.48. The molecule has 0 aliphatic carbocycles. The molecule has 0 saturated carbocycles. The van der Waals surface area contributed by atoms with Crippen LogP contribution in [0.5, 0.6) is 0 Å². The average Bonchev–Trinajstić information content (AvgIpc) is 2.85. The van der Waals surface area contributed by atoms with E-state index in [0.29, 0.717) is 11.1 Å². The summed E-state index contributed by atoms with van der Waals surface area (Å²) in [5, 5.41) is 7.18. The Kier molecular flexibility index (Phi) is 1.67. The van der Waals surface area contributed by atoms with Crippen LogP contribution in [0.1, 0.15) is 0 Å². The summed E-state index contributed by atoms with van der Waals surface area (Å²) in [4.78, 5) is 6.64. The van der Waals surface area contributed by atoms with E-state index in [1.54, 1.807) is 6.07 Å². The van der Waals surface area contributed by atoms with Crippen LogP contribution in [-0.2, 0) is 0 Å². The monoisotopic (exact) mass is 219 g/mol. The molecule has 0 atom stereocenters. The van der Waals surface area contributed by atoms with Crippen LogP contribution in [0.3, 0.4) is 0 Å². The number of hydrogen-bond acceptors (Lipinski definition) is 5. The lowest BCUT2D eigenvalue weighted by molar-refractivity contribution is 0.588. The standard InChI is InChI=1S/C9H6FN5O/c10-5-1-4(8-14-15-9(11)16-8)2-6-7(5)13-3-12-6/h1-3H,(H2,11,15)(H,12,13). The Balaban J connectivity index is 2.24. The Morgan fingerprint density at radius 3 is 2.94 bits per heavy atom. The number of hydrogen-bond donors (Lipinski definition) is 2. The van der Waals surface area contributed by atoms with Crippen LogP contribution in [0, 0.1) is 5.82 Å². The van der Waals surface area contributed by atoms with Gasteiger partial charge in [0, 0.05) is 5.56 Å². The highest BCUT2D eigenvalue weighted by molar-refractivity contribution is 5.80. The summed E-state index contributed by atoms with van der Waals surface area (Å²) in [6.07, 6.45) is 1.42. The molecule has 80 valence electrons. The molecule has 0 radical (unpaired) electrons. The summed E-state index contributed by atoms with van der Waals surface area (Å²) >= 11 is 0. The number of aromatic nitrogens is 4. The van der Waals surface area contributed by atoms with Gasteiger partial charge >= 0.3 is 6.01 Å². The molecule has 0 spiro atoms. The molecule has 3 N–H and O–H groups in total. The van der Waals surface area contributed by atoms with Crippen molar-refractivity contribution in [3.05, 3.63) is 24.3 Å². The minimum Gasteiger partial charge on any atom is -0.404 e. The summed E-state index contributed by atoms with van der Waals surface area (Å²) in [5.74, 6) is -0.279. The van der Waals surface area contributed by atoms with Crippen LogP contribution in [-0.4, -0.2) is 20.2 Å². The minimum atomic E-state index is -0.453. The Morgan fingerprint density at radius 1 is 1.31 bits per heavy atom. The van der Waals surface area contributed by atoms with Crippen molar-refractivity contribution in [2.75, 3.05) is 5.73 Å². The van der Waals surface area contributed by atoms with Gasteiger partial charge in [0.05, 0.1) is 11.8 Å². The zero-order valence-corrected chi connectivity index (χ0v) is 7.94. The number of aromatic amines is 1. The summed E-state index contributed by atoms with van der Waals surface area (Å²) < 4.78 is 18.6. The second-order valence-corrected chi connectivity index (χ2v) is 3.20. The Bertz CT molecular complexity index is 659. The van der Waals surface area contributed by atoms with Crippen LogP contribution in [0.2, 0.25) is 0 Å². The van der Waals surface area contributed by atoms with E-state index in [9.17, 15) is 4.39 Å². The highest BCUT2D eigenvalue weighted by Gasteiger charge is 2.11. The van der Waals surface area contributed by atoms with Crippen molar-refractivity contribution in [3.63, 3.8) is 0 Å². The summed E-state index contributed by atoms with van der Waals surface area (Å²) in [7, 11) is 0. The predicted octanol–water partition coefficient (Wildman–Crippen LogP) is 1.33. The molecular formula is C9H6FN5O. The van der Waals surface area contributed by atoms with Crippen molar-refractivity contribution in [1.29, 1.82) is 0 Å². The van der Waals surface area contributed by atoms with Crippen LogP contribution in [0.15, 0.2) is 22.9 Å². The summed E-state index contributed by atoms with van der Waals surface area (Å²) in [6.45, 7) is 0. The highest BCUT2D eigenvalue weighted by atomic mass is 19.1. The van der Waals surface area contributed by atoms with E-state index in [4.69, 9.17) is 10.2 Å². The van der Waals surface area contributed by atoms with Gasteiger partial charge in [-0.2, -0.15) is 0 Å². The number of benzene rings is 1. The number of nitrogen functional groups attached to an aromatic ring is 1. The zero-order valence-electron chi connectivity index (χ0n) is 7.94. The number of nitrogens with one attached hydrogen (secondary N) is 1. The zero-order chi connectivity index (χ0) is 11.1. The van der Waals surface area contributed by atoms with E-state index in [1.807, 2.05) is 0 Å². The first-order valence-corrected chi connectivity index (χ1v) is 4.46. The van der Waals surface area contributed by atoms with E-state index in [0.717, 1.165) is 0 Å². The third kappa shape index (κ3) is 1.22. The SMILES string of the molecule is Nc1nnc(-c2cc(F)c3nc[nH]c3c2)o1. The van der Waals surface area contributed by atoms with Gasteiger partial charge in [-0.25, -0.2) is 9.37 Å². The first-order chi connectivity index (χ1) is 7.74. The molecule has 3 rings (SSSR count). The third-order valence-corrected chi connectivity index (χ3v) is 2.16. The first kappa shape index (κ1) is 8.84. The first-order valence-electron chi connectivity index (χ1n) is 4.46. The molecule has 0 unspecified atom stereocenters. The predicted molar refractivity (Wildman–Crippen MR) is 53.8 cm³/mol. The van der Waals surface area contributed by atoms with Gasteiger partial charge in [0.15, 0.2) is 5.82 Å². The molecule has 2 aromatic heterocycles. The quantitative estimate of drug-likeness (QED) is 0.644. The number of rotatable bonds is 1. The molecule has 3 aromatic rings. The second-order valence-electron chi connectivity index (χ2n) is 3.20. The molecule has 1 aromatic carbocycles. The van der Waals surface area contributed by atoms with Crippen molar-refractivity contribution in [3.8, 4) is 11.5 Å². The minimum absolute atomic E-state index is 0.0554. The smallest absolute Gasteiger partial charge is 0.313 e. The van der Waals surface area contributed by atoms with Crippen LogP contribution in [0.25, 0.3) is 22.5 Å². The van der Waals surface area contributed by atoms with E-state index in [2.05, 4.69) is 20.2 Å². The number of halogens is 1. The number of imidazole rings is 1. The van der Waals surface area contributed by atoms with Crippen molar-refractivity contribution in [1.82, 2.24) is 20.2 Å². The van der Waals surface area contributed by atoms with Crippen molar-refractivity contribution in [2.45, 2.75) is 0 Å². The molecule has 0 aliphatic heterocycles. The number of fused-ring (bicyclic) bond motifs is 1. The number of H-pyrrole nitrogens is 1. The topological polar surface area (TPSA) is 93.6 Å². The van der Waals surface area contributed by atoms with Crippen molar-refractivity contribution < 1.29 is 8.81 Å². The maximum atomic E-state index is 13.6.